The van der Waals surface area contributed by atoms with Crippen LogP contribution >= 0.6 is 22.9 Å². The van der Waals surface area contributed by atoms with Crippen LogP contribution < -0.4 is 10.1 Å². The number of ether oxygens (including phenoxy) is 1. The van der Waals surface area contributed by atoms with Crippen LogP contribution in [-0.2, 0) is 0 Å². The van der Waals surface area contributed by atoms with Crippen molar-refractivity contribution in [3.05, 3.63) is 46.4 Å². The van der Waals surface area contributed by atoms with Crippen LogP contribution in [0, 0.1) is 0 Å². The fourth-order valence-corrected chi connectivity index (χ4v) is 3.61. The second-order valence-corrected chi connectivity index (χ2v) is 7.20. The van der Waals surface area contributed by atoms with Crippen LogP contribution in [0.5, 0.6) is 5.75 Å². The van der Waals surface area contributed by atoms with Crippen molar-refractivity contribution in [1.82, 2.24) is 20.2 Å². The summed E-state index contributed by atoms with van der Waals surface area (Å²) in [5.41, 5.74) is 1.67. The molecule has 0 atom stereocenters. The number of amides is 1. The SMILES string of the molecule is COc1cnc(Cl)cc1-c1cnccc1C(=O)Nc1nnc(C2CC2)s1. The molecule has 7 nitrogen and oxygen atoms in total. The van der Waals surface area contributed by atoms with Crippen LogP contribution in [0.3, 0.4) is 0 Å². The van der Waals surface area contributed by atoms with Gasteiger partial charge in [0.2, 0.25) is 5.13 Å². The minimum atomic E-state index is -0.295. The van der Waals surface area contributed by atoms with Crippen LogP contribution in [0.4, 0.5) is 5.13 Å². The maximum absolute atomic E-state index is 12.8. The van der Waals surface area contributed by atoms with E-state index in [1.165, 1.54) is 24.6 Å². The Balaban J connectivity index is 1.66. The van der Waals surface area contributed by atoms with E-state index in [4.69, 9.17) is 16.3 Å². The van der Waals surface area contributed by atoms with Gasteiger partial charge in [0.1, 0.15) is 15.9 Å². The molecule has 3 heterocycles. The number of anilines is 1. The highest BCUT2D eigenvalue weighted by Crippen LogP contribution is 2.42. The second kappa shape index (κ2) is 6.97. The van der Waals surface area contributed by atoms with Gasteiger partial charge in [-0.2, -0.15) is 0 Å². The molecule has 1 saturated carbocycles. The van der Waals surface area contributed by atoms with E-state index < -0.39 is 0 Å². The molecule has 1 aliphatic carbocycles. The van der Waals surface area contributed by atoms with Gasteiger partial charge in [-0.15, -0.1) is 10.2 Å². The number of nitrogens with one attached hydrogen (secondary N) is 1. The number of halogens is 1. The van der Waals surface area contributed by atoms with Crippen LogP contribution in [0.2, 0.25) is 5.15 Å². The summed E-state index contributed by atoms with van der Waals surface area (Å²) in [6.07, 6.45) is 6.95. The van der Waals surface area contributed by atoms with Crippen molar-refractivity contribution in [3.63, 3.8) is 0 Å². The lowest BCUT2D eigenvalue weighted by Gasteiger charge is -2.12. The zero-order valence-corrected chi connectivity index (χ0v) is 15.3. The van der Waals surface area contributed by atoms with E-state index in [0.29, 0.717) is 38.6 Å². The summed E-state index contributed by atoms with van der Waals surface area (Å²) >= 11 is 7.43. The van der Waals surface area contributed by atoms with Gasteiger partial charge in [-0.1, -0.05) is 22.9 Å². The number of rotatable bonds is 5. The predicted molar refractivity (Wildman–Crippen MR) is 98.9 cm³/mol. The van der Waals surface area contributed by atoms with E-state index in [2.05, 4.69) is 25.5 Å². The van der Waals surface area contributed by atoms with E-state index >= 15 is 0 Å². The first-order chi connectivity index (χ1) is 12.7. The van der Waals surface area contributed by atoms with Gasteiger partial charge in [0, 0.05) is 29.4 Å². The van der Waals surface area contributed by atoms with Crippen LogP contribution in [0.15, 0.2) is 30.7 Å². The number of methoxy groups -OCH3 is 1. The van der Waals surface area contributed by atoms with Gasteiger partial charge < -0.3 is 4.74 Å². The van der Waals surface area contributed by atoms with Crippen molar-refractivity contribution < 1.29 is 9.53 Å². The van der Waals surface area contributed by atoms with Crippen molar-refractivity contribution in [2.75, 3.05) is 12.4 Å². The van der Waals surface area contributed by atoms with Crippen LogP contribution in [0.25, 0.3) is 11.1 Å². The highest BCUT2D eigenvalue weighted by Gasteiger charge is 2.28. The largest absolute Gasteiger partial charge is 0.494 e. The number of hydrogen-bond acceptors (Lipinski definition) is 7. The van der Waals surface area contributed by atoms with Gasteiger partial charge in [0.05, 0.1) is 18.9 Å². The summed E-state index contributed by atoms with van der Waals surface area (Å²) in [4.78, 5) is 20.9. The molecule has 0 unspecified atom stereocenters. The average Bonchev–Trinajstić information content (AvgIpc) is 3.41. The van der Waals surface area contributed by atoms with Gasteiger partial charge in [-0.3, -0.25) is 15.1 Å². The van der Waals surface area contributed by atoms with Gasteiger partial charge in [-0.25, -0.2) is 4.98 Å². The first-order valence-corrected chi connectivity index (χ1v) is 9.14. The Morgan fingerprint density at radius 3 is 2.92 bits per heavy atom. The number of pyridine rings is 2. The summed E-state index contributed by atoms with van der Waals surface area (Å²) in [6, 6.07) is 3.28. The minimum absolute atomic E-state index is 0.295. The third-order valence-electron chi connectivity index (χ3n) is 4.00. The number of aromatic nitrogens is 4. The molecular weight excluding hydrogens is 374 g/mol. The molecule has 26 heavy (non-hydrogen) atoms. The molecule has 3 aromatic rings. The topological polar surface area (TPSA) is 89.9 Å². The molecule has 0 saturated heterocycles. The highest BCUT2D eigenvalue weighted by molar-refractivity contribution is 7.15. The molecule has 0 aromatic carbocycles. The molecule has 0 aliphatic heterocycles. The lowest BCUT2D eigenvalue weighted by Crippen LogP contribution is -2.13. The smallest absolute Gasteiger partial charge is 0.258 e. The second-order valence-electron chi connectivity index (χ2n) is 5.80. The van der Waals surface area contributed by atoms with E-state index in [9.17, 15) is 4.79 Å². The monoisotopic (exact) mass is 387 g/mol. The van der Waals surface area contributed by atoms with Crippen LogP contribution in [0.1, 0.15) is 34.1 Å². The van der Waals surface area contributed by atoms with Crippen molar-refractivity contribution in [3.8, 4) is 16.9 Å². The molecule has 9 heteroatoms. The normalized spacial score (nSPS) is 13.5. The molecule has 0 radical (unpaired) electrons. The summed E-state index contributed by atoms with van der Waals surface area (Å²) in [6.45, 7) is 0. The maximum atomic E-state index is 12.8. The third kappa shape index (κ3) is 3.38. The quantitative estimate of drug-likeness (QED) is 0.670. The molecule has 3 aromatic heterocycles. The number of hydrogen-bond donors (Lipinski definition) is 1. The minimum Gasteiger partial charge on any atom is -0.494 e. The van der Waals surface area contributed by atoms with Crippen molar-refractivity contribution >= 4 is 34.0 Å². The Morgan fingerprint density at radius 1 is 1.31 bits per heavy atom. The molecule has 0 bridgehead atoms. The first kappa shape index (κ1) is 16.9. The van der Waals surface area contributed by atoms with Crippen LogP contribution in [-0.4, -0.2) is 33.2 Å². The van der Waals surface area contributed by atoms with Crippen molar-refractivity contribution in [2.24, 2.45) is 0 Å². The number of carbonyl (C=O) groups excluding carboxylic acids is 1. The average molecular weight is 388 g/mol. The molecule has 1 amide bonds. The number of carbonyl (C=O) groups is 1. The third-order valence-corrected chi connectivity index (χ3v) is 5.21. The Kier molecular flexibility index (Phi) is 4.52. The Bertz CT molecular complexity index is 973. The van der Waals surface area contributed by atoms with E-state index in [0.717, 1.165) is 17.8 Å². The maximum Gasteiger partial charge on any atom is 0.258 e. The zero-order valence-electron chi connectivity index (χ0n) is 13.8. The van der Waals surface area contributed by atoms with Crippen molar-refractivity contribution in [1.29, 1.82) is 0 Å². The van der Waals surface area contributed by atoms with E-state index in [1.54, 1.807) is 24.5 Å². The Labute approximate surface area is 158 Å². The molecular formula is C17H14ClN5O2S. The molecule has 1 aliphatic rings. The Morgan fingerprint density at radius 2 is 2.15 bits per heavy atom. The highest BCUT2D eigenvalue weighted by atomic mass is 35.5. The zero-order chi connectivity index (χ0) is 18.1. The number of nitrogens with zero attached hydrogens (tertiary/aromatic N) is 4. The Hall–Kier alpha value is -2.58. The summed E-state index contributed by atoms with van der Waals surface area (Å²) in [5.74, 6) is 0.706. The van der Waals surface area contributed by atoms with Gasteiger partial charge in [0.15, 0.2) is 0 Å². The van der Waals surface area contributed by atoms with Gasteiger partial charge in [0.25, 0.3) is 5.91 Å². The standard InChI is InChI=1S/C17H14ClN5O2S/c1-25-13-8-20-14(18)6-11(13)12-7-19-5-4-10(12)15(24)21-17-23-22-16(26-17)9-2-3-9/h4-9H,2-3H2,1H3,(H,21,23,24). The van der Waals surface area contributed by atoms with E-state index in [1.807, 2.05) is 0 Å². The van der Waals surface area contributed by atoms with Gasteiger partial charge >= 0.3 is 0 Å². The molecule has 4 rings (SSSR count). The fraction of sp³-hybridized carbons (Fsp3) is 0.235. The lowest BCUT2D eigenvalue weighted by atomic mass is 10.0. The molecule has 0 spiro atoms. The summed E-state index contributed by atoms with van der Waals surface area (Å²) in [5, 5.41) is 12.8. The van der Waals surface area contributed by atoms with E-state index in [-0.39, 0.29) is 5.91 Å². The predicted octanol–water partition coefficient (Wildman–Crippen LogP) is 3.79. The summed E-state index contributed by atoms with van der Waals surface area (Å²) < 4.78 is 5.34. The molecule has 1 fully saturated rings. The lowest BCUT2D eigenvalue weighted by molar-refractivity contribution is 0.102. The fourth-order valence-electron chi connectivity index (χ4n) is 2.54. The summed E-state index contributed by atoms with van der Waals surface area (Å²) in [7, 11) is 1.53. The molecule has 132 valence electrons. The first-order valence-electron chi connectivity index (χ1n) is 7.94. The van der Waals surface area contributed by atoms with Crippen molar-refractivity contribution in [2.45, 2.75) is 18.8 Å². The molecule has 1 N–H and O–H groups in total. The van der Waals surface area contributed by atoms with Gasteiger partial charge in [-0.05, 0) is 25.0 Å².